The standard InChI is InChI=1S/C21H42N2O3/c1-18(2)24-14-11-22-7-9-23(10-8-22)12-15-26-20-16-19(17-20)25-13-6-21(3,4)5/h18-20H,6-17H2,1-5H3. The molecule has 26 heavy (non-hydrogen) atoms. The van der Waals surface area contributed by atoms with Crippen molar-refractivity contribution in [2.45, 2.75) is 72.2 Å². The topological polar surface area (TPSA) is 34.2 Å². The van der Waals surface area contributed by atoms with Crippen molar-refractivity contribution in [3.8, 4) is 0 Å². The van der Waals surface area contributed by atoms with Crippen molar-refractivity contribution in [3.05, 3.63) is 0 Å². The van der Waals surface area contributed by atoms with E-state index in [1.165, 1.54) is 0 Å². The molecule has 1 saturated carbocycles. The molecule has 154 valence electrons. The summed E-state index contributed by atoms with van der Waals surface area (Å²) >= 11 is 0. The van der Waals surface area contributed by atoms with Gasteiger partial charge >= 0.3 is 0 Å². The lowest BCUT2D eigenvalue weighted by molar-refractivity contribution is -0.107. The van der Waals surface area contributed by atoms with Gasteiger partial charge in [0.2, 0.25) is 0 Å². The molecule has 0 aromatic rings. The van der Waals surface area contributed by atoms with Crippen molar-refractivity contribution < 1.29 is 14.2 Å². The summed E-state index contributed by atoms with van der Waals surface area (Å²) in [4.78, 5) is 5.03. The third kappa shape index (κ3) is 9.14. The zero-order chi connectivity index (χ0) is 19.0. The first-order chi connectivity index (χ1) is 12.3. The third-order valence-electron chi connectivity index (χ3n) is 5.34. The molecule has 2 fully saturated rings. The molecule has 0 radical (unpaired) electrons. The molecule has 0 aromatic carbocycles. The Balaban J connectivity index is 1.42. The fourth-order valence-electron chi connectivity index (χ4n) is 3.32. The summed E-state index contributed by atoms with van der Waals surface area (Å²) in [5.74, 6) is 0. The molecule has 2 rings (SSSR count). The fourth-order valence-corrected chi connectivity index (χ4v) is 3.32. The molecule has 5 nitrogen and oxygen atoms in total. The van der Waals surface area contributed by atoms with Gasteiger partial charge < -0.3 is 14.2 Å². The summed E-state index contributed by atoms with van der Waals surface area (Å²) in [6, 6.07) is 0. The molecule has 2 aliphatic rings. The van der Waals surface area contributed by atoms with Gasteiger partial charge in [0.1, 0.15) is 0 Å². The second-order valence-electron chi connectivity index (χ2n) is 9.37. The lowest BCUT2D eigenvalue weighted by Crippen LogP contribution is -2.48. The molecular formula is C21H42N2O3. The van der Waals surface area contributed by atoms with E-state index in [1.807, 2.05) is 0 Å². The van der Waals surface area contributed by atoms with Crippen molar-refractivity contribution in [1.82, 2.24) is 9.80 Å². The second kappa shape index (κ2) is 11.0. The minimum absolute atomic E-state index is 0.337. The summed E-state index contributed by atoms with van der Waals surface area (Å²) < 4.78 is 17.6. The number of piperazine rings is 1. The first-order valence-electron chi connectivity index (χ1n) is 10.6. The number of hydrogen-bond acceptors (Lipinski definition) is 5. The highest BCUT2D eigenvalue weighted by Gasteiger charge is 2.31. The van der Waals surface area contributed by atoms with Crippen molar-refractivity contribution in [1.29, 1.82) is 0 Å². The Bertz CT molecular complexity index is 370. The van der Waals surface area contributed by atoms with E-state index in [0.717, 1.165) is 78.4 Å². The van der Waals surface area contributed by atoms with Gasteiger partial charge in [0.05, 0.1) is 31.5 Å². The van der Waals surface area contributed by atoms with Crippen LogP contribution in [0.2, 0.25) is 0 Å². The van der Waals surface area contributed by atoms with Crippen LogP contribution in [0.3, 0.4) is 0 Å². The molecule has 0 unspecified atom stereocenters. The predicted octanol–water partition coefficient (Wildman–Crippen LogP) is 3.03. The molecule has 1 aliphatic carbocycles. The first kappa shape index (κ1) is 22.1. The summed E-state index contributed by atoms with van der Waals surface area (Å²) in [5, 5.41) is 0. The SMILES string of the molecule is CC(C)OCCN1CCN(CCOC2CC(OCCC(C)(C)C)C2)CC1. The average Bonchev–Trinajstić information content (AvgIpc) is 2.51. The van der Waals surface area contributed by atoms with Crippen LogP contribution in [0.1, 0.15) is 53.9 Å². The molecule has 0 bridgehead atoms. The van der Waals surface area contributed by atoms with E-state index in [4.69, 9.17) is 14.2 Å². The van der Waals surface area contributed by atoms with E-state index in [2.05, 4.69) is 44.4 Å². The van der Waals surface area contributed by atoms with Crippen LogP contribution >= 0.6 is 0 Å². The quantitative estimate of drug-likeness (QED) is 0.558. The summed E-state index contributed by atoms with van der Waals surface area (Å²) in [6.45, 7) is 20.3. The highest BCUT2D eigenvalue weighted by molar-refractivity contribution is 4.81. The summed E-state index contributed by atoms with van der Waals surface area (Å²) in [5.41, 5.74) is 0.366. The Morgan fingerprint density at radius 1 is 0.808 bits per heavy atom. The van der Waals surface area contributed by atoms with Crippen molar-refractivity contribution in [3.63, 3.8) is 0 Å². The minimum atomic E-state index is 0.337. The van der Waals surface area contributed by atoms with Crippen LogP contribution in [0.4, 0.5) is 0 Å². The molecule has 0 amide bonds. The molecule has 1 saturated heterocycles. The first-order valence-corrected chi connectivity index (χ1v) is 10.6. The van der Waals surface area contributed by atoms with Crippen LogP contribution in [0.5, 0.6) is 0 Å². The van der Waals surface area contributed by atoms with Gasteiger partial charge in [-0.25, -0.2) is 0 Å². The van der Waals surface area contributed by atoms with E-state index in [-0.39, 0.29) is 0 Å². The lowest BCUT2D eigenvalue weighted by Gasteiger charge is -2.37. The van der Waals surface area contributed by atoms with Crippen molar-refractivity contribution in [2.24, 2.45) is 5.41 Å². The lowest BCUT2D eigenvalue weighted by atomic mass is 9.91. The molecular weight excluding hydrogens is 328 g/mol. The van der Waals surface area contributed by atoms with Gasteiger partial charge in [-0.2, -0.15) is 0 Å². The number of hydrogen-bond donors (Lipinski definition) is 0. The van der Waals surface area contributed by atoms with E-state index in [1.54, 1.807) is 0 Å². The van der Waals surface area contributed by atoms with Gasteiger partial charge in [-0.15, -0.1) is 0 Å². The maximum atomic E-state index is 6.02. The van der Waals surface area contributed by atoms with E-state index >= 15 is 0 Å². The third-order valence-corrected chi connectivity index (χ3v) is 5.34. The molecule has 1 heterocycles. The van der Waals surface area contributed by atoms with Gasteiger partial charge in [0.15, 0.2) is 0 Å². The monoisotopic (exact) mass is 370 g/mol. The van der Waals surface area contributed by atoms with Crippen LogP contribution < -0.4 is 0 Å². The van der Waals surface area contributed by atoms with Gasteiger partial charge in [0, 0.05) is 45.9 Å². The van der Waals surface area contributed by atoms with E-state index < -0.39 is 0 Å². The predicted molar refractivity (Wildman–Crippen MR) is 107 cm³/mol. The van der Waals surface area contributed by atoms with Crippen molar-refractivity contribution in [2.75, 3.05) is 59.1 Å². The van der Waals surface area contributed by atoms with Crippen molar-refractivity contribution >= 4 is 0 Å². The molecule has 0 aromatic heterocycles. The molecule has 1 aliphatic heterocycles. The van der Waals surface area contributed by atoms with Gasteiger partial charge in [-0.05, 0) is 38.5 Å². The Labute approximate surface area is 161 Å². The number of nitrogens with zero attached hydrogens (tertiary/aromatic N) is 2. The Morgan fingerprint density at radius 3 is 1.81 bits per heavy atom. The second-order valence-corrected chi connectivity index (χ2v) is 9.37. The summed E-state index contributed by atoms with van der Waals surface area (Å²) in [7, 11) is 0. The molecule has 0 N–H and O–H groups in total. The van der Waals surface area contributed by atoms with Gasteiger partial charge in [-0.3, -0.25) is 9.80 Å². The van der Waals surface area contributed by atoms with Gasteiger partial charge in [-0.1, -0.05) is 20.8 Å². The zero-order valence-electron chi connectivity index (χ0n) is 17.8. The highest BCUT2D eigenvalue weighted by Crippen LogP contribution is 2.27. The molecule has 0 spiro atoms. The Morgan fingerprint density at radius 2 is 1.31 bits per heavy atom. The smallest absolute Gasteiger partial charge is 0.0625 e. The van der Waals surface area contributed by atoms with E-state index in [0.29, 0.717) is 23.7 Å². The van der Waals surface area contributed by atoms with Crippen LogP contribution in [0.25, 0.3) is 0 Å². The fraction of sp³-hybridized carbons (Fsp3) is 1.00. The van der Waals surface area contributed by atoms with Crippen LogP contribution in [-0.2, 0) is 14.2 Å². The van der Waals surface area contributed by atoms with E-state index in [9.17, 15) is 0 Å². The molecule has 5 heteroatoms. The average molecular weight is 371 g/mol. The summed E-state index contributed by atoms with van der Waals surface area (Å²) in [6.07, 6.45) is 4.47. The minimum Gasteiger partial charge on any atom is -0.378 e. The highest BCUT2D eigenvalue weighted by atomic mass is 16.5. The largest absolute Gasteiger partial charge is 0.378 e. The van der Waals surface area contributed by atoms with Crippen LogP contribution in [0, 0.1) is 5.41 Å². The van der Waals surface area contributed by atoms with Crippen LogP contribution in [-0.4, -0.2) is 87.2 Å². The zero-order valence-corrected chi connectivity index (χ0v) is 17.8. The Kier molecular flexibility index (Phi) is 9.31. The number of ether oxygens (including phenoxy) is 3. The number of rotatable bonds is 11. The normalized spacial score (nSPS) is 25.6. The van der Waals surface area contributed by atoms with Gasteiger partial charge in [0.25, 0.3) is 0 Å². The maximum Gasteiger partial charge on any atom is 0.0625 e. The van der Waals surface area contributed by atoms with Crippen LogP contribution in [0.15, 0.2) is 0 Å². The Hall–Kier alpha value is -0.200. The maximum absolute atomic E-state index is 6.02. The molecule has 0 atom stereocenters.